The number of anilines is 1. The number of sulfonamides is 1. The van der Waals surface area contributed by atoms with E-state index in [0.717, 1.165) is 27.2 Å². The van der Waals surface area contributed by atoms with Crippen LogP contribution in [0.1, 0.15) is 30.9 Å². The van der Waals surface area contributed by atoms with Crippen LogP contribution in [0, 0.1) is 0 Å². The maximum atomic E-state index is 14.5. The number of hydrogen-bond donors (Lipinski definition) is 1. The summed E-state index contributed by atoms with van der Waals surface area (Å²) in [4.78, 5) is 29.8. The molecule has 0 heterocycles. The van der Waals surface area contributed by atoms with E-state index in [9.17, 15) is 18.0 Å². The minimum absolute atomic E-state index is 0.0274. The van der Waals surface area contributed by atoms with Gasteiger partial charge in [-0.05, 0) is 60.5 Å². The average Bonchev–Trinajstić information content (AvgIpc) is 3.04. The number of benzene rings is 4. The molecular weight excluding hydrogens is 697 g/mol. The Morgan fingerprint density at radius 1 is 0.844 bits per heavy atom. The highest BCUT2D eigenvalue weighted by molar-refractivity contribution is 9.10. The van der Waals surface area contributed by atoms with E-state index in [1.165, 1.54) is 17.0 Å². The van der Waals surface area contributed by atoms with Crippen LogP contribution in [-0.2, 0) is 32.6 Å². The second-order valence-electron chi connectivity index (χ2n) is 10.4. The molecule has 0 saturated carbocycles. The molecule has 0 aromatic heterocycles. The quantitative estimate of drug-likeness (QED) is 0.136. The van der Waals surface area contributed by atoms with Crippen molar-refractivity contribution in [2.45, 2.75) is 43.7 Å². The number of carbonyl (C=O) groups excluding carboxylic acids is 2. The van der Waals surface area contributed by atoms with E-state index in [2.05, 4.69) is 21.2 Å². The van der Waals surface area contributed by atoms with Crippen molar-refractivity contribution in [2.24, 2.45) is 0 Å². The van der Waals surface area contributed by atoms with E-state index in [-0.39, 0.29) is 29.5 Å². The van der Waals surface area contributed by atoms with E-state index in [4.69, 9.17) is 23.2 Å². The number of nitrogens with zero attached hydrogens (tertiary/aromatic N) is 2. The van der Waals surface area contributed by atoms with Gasteiger partial charge >= 0.3 is 0 Å². The maximum absolute atomic E-state index is 14.5. The molecule has 0 fully saturated rings. The maximum Gasteiger partial charge on any atom is 0.264 e. The molecule has 1 unspecified atom stereocenters. The van der Waals surface area contributed by atoms with Crippen molar-refractivity contribution in [1.82, 2.24) is 10.2 Å². The predicted octanol–water partition coefficient (Wildman–Crippen LogP) is 7.51. The van der Waals surface area contributed by atoms with Gasteiger partial charge in [-0.2, -0.15) is 0 Å². The number of unbranched alkanes of at least 4 members (excludes halogenated alkanes) is 1. The first kappa shape index (κ1) is 34.5. The average molecular weight is 732 g/mol. The van der Waals surface area contributed by atoms with Crippen molar-refractivity contribution >= 4 is 66.7 Å². The predicted molar refractivity (Wildman–Crippen MR) is 184 cm³/mol. The smallest absolute Gasteiger partial charge is 0.264 e. The van der Waals surface area contributed by atoms with Crippen molar-refractivity contribution in [2.75, 3.05) is 17.4 Å². The standard InChI is InChI=1S/C34H34BrCl2N3O4S/c1-2-3-21-38-34(42)32(22-25-11-6-4-7-12-25)39(23-29-30(36)15-10-16-31(29)37)33(41)24-40(27-19-17-26(35)18-20-27)45(43,44)28-13-8-5-9-14-28/h4-20,32H,2-3,21-24H2,1H3,(H,38,42). The highest BCUT2D eigenvalue weighted by Gasteiger charge is 2.35. The fourth-order valence-electron chi connectivity index (χ4n) is 4.77. The Kier molecular flexibility index (Phi) is 12.5. The molecule has 4 aromatic rings. The topological polar surface area (TPSA) is 86.8 Å². The van der Waals surface area contributed by atoms with Crippen molar-refractivity contribution in [3.8, 4) is 0 Å². The highest BCUT2D eigenvalue weighted by atomic mass is 79.9. The second kappa shape index (κ2) is 16.3. The van der Waals surface area contributed by atoms with Crippen LogP contribution in [0.2, 0.25) is 10.0 Å². The molecule has 4 aromatic carbocycles. The van der Waals surface area contributed by atoms with Gasteiger partial charge in [-0.3, -0.25) is 13.9 Å². The van der Waals surface area contributed by atoms with Gasteiger partial charge in [0, 0.05) is 39.6 Å². The molecule has 0 saturated heterocycles. The zero-order valence-electron chi connectivity index (χ0n) is 24.7. The highest BCUT2D eigenvalue weighted by Crippen LogP contribution is 2.29. The molecule has 4 rings (SSSR count). The van der Waals surface area contributed by atoms with Crippen LogP contribution in [0.25, 0.3) is 0 Å². The van der Waals surface area contributed by atoms with Crippen molar-refractivity contribution < 1.29 is 18.0 Å². The second-order valence-corrected chi connectivity index (χ2v) is 14.0. The van der Waals surface area contributed by atoms with Crippen molar-refractivity contribution in [3.63, 3.8) is 0 Å². The molecule has 2 amide bonds. The Hall–Kier alpha value is -3.37. The largest absolute Gasteiger partial charge is 0.354 e. The van der Waals surface area contributed by atoms with Crippen LogP contribution < -0.4 is 9.62 Å². The summed E-state index contributed by atoms with van der Waals surface area (Å²) < 4.78 is 29.9. The van der Waals surface area contributed by atoms with Gasteiger partial charge in [0.1, 0.15) is 12.6 Å². The lowest BCUT2D eigenvalue weighted by molar-refractivity contribution is -0.140. The van der Waals surface area contributed by atoms with E-state index >= 15 is 0 Å². The number of rotatable bonds is 14. The van der Waals surface area contributed by atoms with Gasteiger partial charge in [-0.25, -0.2) is 8.42 Å². The fourth-order valence-corrected chi connectivity index (χ4v) is 6.99. The van der Waals surface area contributed by atoms with Crippen LogP contribution in [-0.4, -0.2) is 44.3 Å². The summed E-state index contributed by atoms with van der Waals surface area (Å²) in [7, 11) is -4.19. The minimum Gasteiger partial charge on any atom is -0.354 e. The molecule has 0 aliphatic rings. The van der Waals surface area contributed by atoms with Crippen molar-refractivity contribution in [3.05, 3.63) is 129 Å². The third kappa shape index (κ3) is 9.10. The zero-order chi connectivity index (χ0) is 32.4. The Balaban J connectivity index is 1.81. The summed E-state index contributed by atoms with van der Waals surface area (Å²) >= 11 is 16.5. The Morgan fingerprint density at radius 2 is 1.44 bits per heavy atom. The number of carbonyl (C=O) groups is 2. The van der Waals surface area contributed by atoms with Crippen molar-refractivity contribution in [1.29, 1.82) is 0 Å². The molecule has 11 heteroatoms. The lowest BCUT2D eigenvalue weighted by Crippen LogP contribution is -2.53. The monoisotopic (exact) mass is 729 g/mol. The van der Waals surface area contributed by atoms with Gasteiger partial charge < -0.3 is 10.2 Å². The van der Waals surface area contributed by atoms with Gasteiger partial charge in [0.25, 0.3) is 10.0 Å². The molecule has 7 nitrogen and oxygen atoms in total. The van der Waals surface area contributed by atoms with Gasteiger partial charge in [-0.1, -0.05) is 107 Å². The van der Waals surface area contributed by atoms with E-state index in [0.29, 0.717) is 22.2 Å². The van der Waals surface area contributed by atoms with E-state index in [1.807, 2.05) is 37.3 Å². The Labute approximate surface area is 283 Å². The molecule has 236 valence electrons. The van der Waals surface area contributed by atoms with Crippen LogP contribution in [0.5, 0.6) is 0 Å². The molecule has 0 spiro atoms. The third-order valence-corrected chi connectivity index (χ3v) is 10.2. The summed E-state index contributed by atoms with van der Waals surface area (Å²) in [5.41, 5.74) is 1.57. The molecule has 1 atom stereocenters. The van der Waals surface area contributed by atoms with E-state index in [1.54, 1.807) is 60.7 Å². The summed E-state index contributed by atoms with van der Waals surface area (Å²) in [5, 5.41) is 3.62. The molecule has 0 radical (unpaired) electrons. The normalized spacial score (nSPS) is 11.9. The summed E-state index contributed by atoms with van der Waals surface area (Å²) in [6, 6.07) is 27.9. The van der Waals surface area contributed by atoms with Crippen LogP contribution in [0.4, 0.5) is 5.69 Å². The Morgan fingerprint density at radius 3 is 2.04 bits per heavy atom. The minimum atomic E-state index is -4.19. The molecule has 0 bridgehead atoms. The first-order chi connectivity index (χ1) is 21.6. The lowest BCUT2D eigenvalue weighted by Gasteiger charge is -2.34. The zero-order valence-corrected chi connectivity index (χ0v) is 28.6. The number of amides is 2. The first-order valence-electron chi connectivity index (χ1n) is 14.5. The summed E-state index contributed by atoms with van der Waals surface area (Å²) in [6.07, 6.45) is 1.83. The third-order valence-electron chi connectivity index (χ3n) is 7.22. The number of nitrogens with one attached hydrogen (secondary N) is 1. The summed E-state index contributed by atoms with van der Waals surface area (Å²) in [6.45, 7) is 1.76. The van der Waals surface area contributed by atoms with E-state index < -0.39 is 28.5 Å². The lowest BCUT2D eigenvalue weighted by atomic mass is 10.0. The molecule has 0 aliphatic heterocycles. The molecule has 45 heavy (non-hydrogen) atoms. The number of halogens is 3. The van der Waals surface area contributed by atoms with Crippen LogP contribution in [0.3, 0.4) is 0 Å². The summed E-state index contributed by atoms with van der Waals surface area (Å²) in [5.74, 6) is -0.954. The fraction of sp³-hybridized carbons (Fsp3) is 0.235. The molecule has 1 N–H and O–H groups in total. The van der Waals surface area contributed by atoms with Gasteiger partial charge in [0.2, 0.25) is 11.8 Å². The van der Waals surface area contributed by atoms with Gasteiger partial charge in [0.15, 0.2) is 0 Å². The van der Waals surface area contributed by atoms with Gasteiger partial charge in [-0.15, -0.1) is 0 Å². The van der Waals surface area contributed by atoms with Crippen LogP contribution in [0.15, 0.2) is 112 Å². The molecule has 0 aliphatic carbocycles. The SMILES string of the molecule is CCCCNC(=O)C(Cc1ccccc1)N(Cc1c(Cl)cccc1Cl)C(=O)CN(c1ccc(Br)cc1)S(=O)(=O)c1ccccc1. The number of hydrogen-bond acceptors (Lipinski definition) is 4. The first-order valence-corrected chi connectivity index (χ1v) is 17.5. The van der Waals surface area contributed by atoms with Gasteiger partial charge in [0.05, 0.1) is 10.6 Å². The van der Waals surface area contributed by atoms with Crippen LogP contribution >= 0.6 is 39.1 Å². The molecular formula is C34H34BrCl2N3O4S. The Bertz CT molecular complexity index is 1670.